The molecule has 0 aromatic heterocycles. The molecule has 2 aliphatic rings. The Labute approximate surface area is 130 Å². The van der Waals surface area contributed by atoms with Gasteiger partial charge in [0.2, 0.25) is 0 Å². The molecule has 0 aromatic carbocycles. The van der Waals surface area contributed by atoms with E-state index in [1.165, 1.54) is 25.7 Å². The van der Waals surface area contributed by atoms with Gasteiger partial charge < -0.3 is 10.0 Å². The van der Waals surface area contributed by atoms with Gasteiger partial charge in [0.15, 0.2) is 0 Å². The topological polar surface area (TPSA) is 40.5 Å². The molecule has 1 heterocycles. The number of aliphatic carboxylic acids is 1. The maximum atomic E-state index is 11.9. The minimum Gasteiger partial charge on any atom is -0.481 e. The molecule has 1 saturated carbocycles. The van der Waals surface area contributed by atoms with Crippen molar-refractivity contribution in [2.75, 3.05) is 19.6 Å². The number of carboxylic acids is 1. The summed E-state index contributed by atoms with van der Waals surface area (Å²) in [4.78, 5) is 14.3. The smallest absolute Gasteiger partial charge is 0.310 e. The summed E-state index contributed by atoms with van der Waals surface area (Å²) in [5.74, 6) is 0.142. The monoisotopic (exact) mass is 295 g/mol. The van der Waals surface area contributed by atoms with Crippen LogP contribution in [0.15, 0.2) is 0 Å². The molecule has 0 aromatic rings. The van der Waals surface area contributed by atoms with Crippen LogP contribution >= 0.6 is 0 Å². The van der Waals surface area contributed by atoms with E-state index in [0.717, 1.165) is 45.3 Å². The highest BCUT2D eigenvalue weighted by Crippen LogP contribution is 2.42. The highest BCUT2D eigenvalue weighted by atomic mass is 16.4. The van der Waals surface area contributed by atoms with Crippen LogP contribution in [-0.2, 0) is 4.79 Å². The highest BCUT2D eigenvalue weighted by Gasteiger charge is 2.43. The van der Waals surface area contributed by atoms with Crippen molar-refractivity contribution in [1.29, 1.82) is 0 Å². The zero-order valence-corrected chi connectivity index (χ0v) is 14.2. The zero-order chi connectivity index (χ0) is 15.5. The molecule has 0 bridgehead atoms. The Hall–Kier alpha value is -0.570. The quantitative estimate of drug-likeness (QED) is 0.827. The minimum absolute atomic E-state index is 0.467. The molecule has 0 atom stereocenters. The second kappa shape index (κ2) is 6.68. The van der Waals surface area contributed by atoms with E-state index in [-0.39, 0.29) is 0 Å². The second-order valence-corrected chi connectivity index (χ2v) is 7.75. The molecule has 0 amide bonds. The lowest BCUT2D eigenvalue weighted by atomic mass is 9.69. The second-order valence-electron chi connectivity index (χ2n) is 7.75. The van der Waals surface area contributed by atoms with Gasteiger partial charge in [0, 0.05) is 6.54 Å². The number of likely N-dealkylation sites (tertiary alicyclic amines) is 1. The molecule has 21 heavy (non-hydrogen) atoms. The van der Waals surface area contributed by atoms with Gasteiger partial charge in [0.05, 0.1) is 5.41 Å². The molecule has 2 rings (SSSR count). The number of hydrogen-bond acceptors (Lipinski definition) is 2. The lowest BCUT2D eigenvalue weighted by Crippen LogP contribution is -2.49. The van der Waals surface area contributed by atoms with Crippen LogP contribution in [0.4, 0.5) is 0 Å². The summed E-state index contributed by atoms with van der Waals surface area (Å²) in [5.41, 5.74) is 0.0545. The third-order valence-electron chi connectivity index (χ3n) is 6.63. The first-order chi connectivity index (χ1) is 9.95. The van der Waals surface area contributed by atoms with E-state index >= 15 is 0 Å². The lowest BCUT2D eigenvalue weighted by Gasteiger charge is -2.45. The van der Waals surface area contributed by atoms with Gasteiger partial charge in [-0.1, -0.05) is 33.6 Å². The SMILES string of the molecule is CCC1(CC)CCN(CC2(C(=O)O)CCC(C)CC2)CC1. The Balaban J connectivity index is 1.96. The Kier molecular flexibility index (Phi) is 5.34. The first kappa shape index (κ1) is 16.8. The fourth-order valence-corrected chi connectivity index (χ4v) is 4.32. The summed E-state index contributed by atoms with van der Waals surface area (Å²) in [5, 5.41) is 9.77. The molecule has 1 saturated heterocycles. The molecular weight excluding hydrogens is 262 g/mol. The maximum absolute atomic E-state index is 11.9. The van der Waals surface area contributed by atoms with Crippen molar-refractivity contribution in [2.45, 2.75) is 72.1 Å². The van der Waals surface area contributed by atoms with Gasteiger partial charge in [0.25, 0.3) is 0 Å². The van der Waals surface area contributed by atoms with Crippen LogP contribution < -0.4 is 0 Å². The Morgan fingerprint density at radius 1 is 1.10 bits per heavy atom. The summed E-state index contributed by atoms with van der Waals surface area (Å²) >= 11 is 0. The third-order valence-corrected chi connectivity index (χ3v) is 6.63. The van der Waals surface area contributed by atoms with Crippen LogP contribution in [0.2, 0.25) is 0 Å². The van der Waals surface area contributed by atoms with Crippen LogP contribution in [0, 0.1) is 16.7 Å². The number of carboxylic acid groups (broad SMARTS) is 1. The van der Waals surface area contributed by atoms with Crippen molar-refractivity contribution < 1.29 is 9.90 Å². The Morgan fingerprint density at radius 3 is 2.05 bits per heavy atom. The van der Waals surface area contributed by atoms with Crippen molar-refractivity contribution >= 4 is 5.97 Å². The third kappa shape index (κ3) is 3.61. The summed E-state index contributed by atoms with van der Waals surface area (Å²) in [6.45, 7) is 9.82. The maximum Gasteiger partial charge on any atom is 0.310 e. The lowest BCUT2D eigenvalue weighted by molar-refractivity contribution is -0.153. The van der Waals surface area contributed by atoms with Gasteiger partial charge in [-0.15, -0.1) is 0 Å². The van der Waals surface area contributed by atoms with Gasteiger partial charge in [0.1, 0.15) is 0 Å². The van der Waals surface area contributed by atoms with E-state index in [1.807, 2.05) is 0 Å². The number of piperidine rings is 1. The van der Waals surface area contributed by atoms with Crippen molar-refractivity contribution in [3.8, 4) is 0 Å². The first-order valence-corrected chi connectivity index (χ1v) is 8.91. The van der Waals surface area contributed by atoms with E-state index < -0.39 is 11.4 Å². The predicted molar refractivity (Wildman–Crippen MR) is 86.4 cm³/mol. The molecule has 122 valence electrons. The summed E-state index contributed by atoms with van der Waals surface area (Å²) < 4.78 is 0. The number of hydrogen-bond donors (Lipinski definition) is 1. The molecule has 1 N–H and O–H groups in total. The van der Waals surface area contributed by atoms with E-state index in [2.05, 4.69) is 25.7 Å². The van der Waals surface area contributed by atoms with Gasteiger partial charge in [-0.3, -0.25) is 4.79 Å². The molecule has 3 nitrogen and oxygen atoms in total. The molecule has 3 heteroatoms. The van der Waals surface area contributed by atoms with Gasteiger partial charge in [-0.05, 0) is 62.9 Å². The van der Waals surface area contributed by atoms with E-state index in [4.69, 9.17) is 0 Å². The standard InChI is InChI=1S/C18H33NO2/c1-4-17(5-2)10-12-19(13-11-17)14-18(16(20)21)8-6-15(3)7-9-18/h15H,4-14H2,1-3H3,(H,20,21). The summed E-state index contributed by atoms with van der Waals surface area (Å²) in [6, 6.07) is 0. The summed E-state index contributed by atoms with van der Waals surface area (Å²) in [7, 11) is 0. The first-order valence-electron chi connectivity index (χ1n) is 8.91. The van der Waals surface area contributed by atoms with Crippen LogP contribution in [0.25, 0.3) is 0 Å². The normalized spacial score (nSPS) is 33.8. The van der Waals surface area contributed by atoms with E-state index in [1.54, 1.807) is 0 Å². The van der Waals surface area contributed by atoms with Gasteiger partial charge >= 0.3 is 5.97 Å². The molecule has 0 radical (unpaired) electrons. The fraction of sp³-hybridized carbons (Fsp3) is 0.944. The van der Waals surface area contributed by atoms with Crippen LogP contribution in [0.1, 0.15) is 72.1 Å². The molecular formula is C18H33NO2. The Morgan fingerprint density at radius 2 is 1.62 bits per heavy atom. The Bertz CT molecular complexity index is 344. The minimum atomic E-state index is -0.558. The fourth-order valence-electron chi connectivity index (χ4n) is 4.32. The molecule has 1 aliphatic carbocycles. The van der Waals surface area contributed by atoms with Crippen LogP contribution in [0.5, 0.6) is 0 Å². The highest BCUT2D eigenvalue weighted by molar-refractivity contribution is 5.75. The molecule has 1 aliphatic heterocycles. The van der Waals surface area contributed by atoms with Gasteiger partial charge in [-0.2, -0.15) is 0 Å². The average molecular weight is 295 g/mol. The van der Waals surface area contributed by atoms with Crippen molar-refractivity contribution in [3.05, 3.63) is 0 Å². The largest absolute Gasteiger partial charge is 0.481 e. The molecule has 0 spiro atoms. The molecule has 2 fully saturated rings. The van der Waals surface area contributed by atoms with Crippen LogP contribution in [-0.4, -0.2) is 35.6 Å². The van der Waals surface area contributed by atoms with Crippen LogP contribution in [0.3, 0.4) is 0 Å². The zero-order valence-electron chi connectivity index (χ0n) is 14.2. The van der Waals surface area contributed by atoms with Crippen molar-refractivity contribution in [2.24, 2.45) is 16.7 Å². The number of nitrogens with zero attached hydrogens (tertiary/aromatic N) is 1. The molecule has 0 unspecified atom stereocenters. The summed E-state index contributed by atoms with van der Waals surface area (Å²) in [6.07, 6.45) is 8.90. The van der Waals surface area contributed by atoms with E-state index in [9.17, 15) is 9.90 Å². The predicted octanol–water partition coefficient (Wildman–Crippen LogP) is 4.17. The number of rotatable bonds is 5. The van der Waals surface area contributed by atoms with Gasteiger partial charge in [-0.25, -0.2) is 0 Å². The number of carbonyl (C=O) groups is 1. The average Bonchev–Trinajstić information content (AvgIpc) is 2.51. The van der Waals surface area contributed by atoms with Crippen molar-refractivity contribution in [1.82, 2.24) is 4.90 Å². The van der Waals surface area contributed by atoms with Crippen molar-refractivity contribution in [3.63, 3.8) is 0 Å². The van der Waals surface area contributed by atoms with E-state index in [0.29, 0.717) is 11.3 Å².